The fourth-order valence-electron chi connectivity index (χ4n) is 4.75. The van der Waals surface area contributed by atoms with Crippen molar-refractivity contribution in [2.45, 2.75) is 25.7 Å². The van der Waals surface area contributed by atoms with Crippen LogP contribution in [0.2, 0.25) is 0 Å². The first-order chi connectivity index (χ1) is 16.6. The number of halogens is 1. The molecule has 4 aromatic rings. The second kappa shape index (κ2) is 9.77. The van der Waals surface area contributed by atoms with Gasteiger partial charge >= 0.3 is 0 Å². The second-order valence-corrected chi connectivity index (χ2v) is 8.96. The summed E-state index contributed by atoms with van der Waals surface area (Å²) in [6, 6.07) is 12.7. The van der Waals surface area contributed by atoms with Gasteiger partial charge in [-0.1, -0.05) is 12.1 Å². The zero-order valence-corrected chi connectivity index (χ0v) is 19.3. The number of hydrogen-bond donors (Lipinski definition) is 1. The van der Waals surface area contributed by atoms with Gasteiger partial charge < -0.3 is 9.88 Å². The van der Waals surface area contributed by atoms with Crippen molar-refractivity contribution in [2.75, 3.05) is 32.7 Å². The minimum absolute atomic E-state index is 0.0768. The van der Waals surface area contributed by atoms with E-state index < -0.39 is 0 Å². The summed E-state index contributed by atoms with van der Waals surface area (Å²) in [5.41, 5.74) is 4.22. The maximum atomic E-state index is 13.5. The van der Waals surface area contributed by atoms with Gasteiger partial charge in [0.25, 0.3) is 0 Å². The van der Waals surface area contributed by atoms with Gasteiger partial charge in [-0.15, -0.1) is 10.2 Å². The van der Waals surface area contributed by atoms with Gasteiger partial charge in [0.2, 0.25) is 5.91 Å². The average molecular weight is 461 g/mol. The zero-order valence-electron chi connectivity index (χ0n) is 19.3. The van der Waals surface area contributed by atoms with E-state index >= 15 is 0 Å². The van der Waals surface area contributed by atoms with E-state index in [1.807, 2.05) is 22.5 Å². The van der Waals surface area contributed by atoms with Crippen LogP contribution in [0.25, 0.3) is 16.6 Å². The van der Waals surface area contributed by atoms with Crippen molar-refractivity contribution in [3.63, 3.8) is 0 Å². The molecule has 5 rings (SSSR count). The number of benzene rings is 2. The number of carbonyl (C=O) groups excluding carboxylic acids is 1. The normalized spacial score (nSPS) is 15.6. The zero-order chi connectivity index (χ0) is 23.5. The third kappa shape index (κ3) is 4.72. The van der Waals surface area contributed by atoms with Gasteiger partial charge in [-0.05, 0) is 67.8 Å². The van der Waals surface area contributed by atoms with Gasteiger partial charge in [0.15, 0.2) is 0 Å². The van der Waals surface area contributed by atoms with Crippen molar-refractivity contribution in [1.29, 1.82) is 0 Å². The number of hydrogen-bond acceptors (Lipinski definition) is 4. The van der Waals surface area contributed by atoms with E-state index in [1.165, 1.54) is 23.1 Å². The highest BCUT2D eigenvalue weighted by Gasteiger charge is 2.25. The lowest BCUT2D eigenvalue weighted by Gasteiger charge is -2.36. The highest BCUT2D eigenvalue weighted by molar-refractivity contribution is 5.85. The molecule has 1 N–H and O–H groups in total. The van der Waals surface area contributed by atoms with Gasteiger partial charge in [-0.2, -0.15) is 0 Å². The Morgan fingerprint density at radius 2 is 1.88 bits per heavy atom. The van der Waals surface area contributed by atoms with Gasteiger partial charge in [-0.3, -0.25) is 14.3 Å². The number of nitrogens with one attached hydrogen (secondary N) is 1. The smallest absolute Gasteiger partial charge is 0.229 e. The Kier molecular flexibility index (Phi) is 6.40. The van der Waals surface area contributed by atoms with Crippen molar-refractivity contribution < 1.29 is 9.18 Å². The van der Waals surface area contributed by atoms with Crippen LogP contribution >= 0.6 is 0 Å². The molecule has 0 bridgehead atoms. The first-order valence-corrected chi connectivity index (χ1v) is 11.8. The van der Waals surface area contributed by atoms with Crippen LogP contribution in [-0.2, 0) is 11.2 Å². The standard InChI is InChI=1S/C26H29FN6O/c1-19(20-4-2-6-22(27)14-20)26(34)32-12-10-31(11-13-32)9-3-5-21-16-28-25-8-7-23(15-24(21)25)33-17-29-30-18-33/h2,4,6-8,14-19,28H,3,5,9-13H2,1H3. The maximum absolute atomic E-state index is 13.5. The molecule has 7 nitrogen and oxygen atoms in total. The molecule has 2 aromatic carbocycles. The number of aromatic nitrogens is 4. The number of H-pyrrole nitrogens is 1. The lowest BCUT2D eigenvalue weighted by molar-refractivity contribution is -0.134. The van der Waals surface area contributed by atoms with Crippen LogP contribution in [0, 0.1) is 5.82 Å². The lowest BCUT2D eigenvalue weighted by Crippen LogP contribution is -2.49. The third-order valence-corrected chi connectivity index (χ3v) is 6.79. The summed E-state index contributed by atoms with van der Waals surface area (Å²) in [5.74, 6) is -0.549. The molecule has 1 atom stereocenters. The van der Waals surface area contributed by atoms with Gasteiger partial charge in [-0.25, -0.2) is 4.39 Å². The Morgan fingerprint density at radius 1 is 1.09 bits per heavy atom. The number of amides is 1. The minimum Gasteiger partial charge on any atom is -0.361 e. The molecule has 0 radical (unpaired) electrons. The van der Waals surface area contributed by atoms with E-state index in [0.29, 0.717) is 13.1 Å². The molecule has 176 valence electrons. The van der Waals surface area contributed by atoms with Crippen LogP contribution in [0.1, 0.15) is 30.4 Å². The molecule has 1 fully saturated rings. The number of rotatable bonds is 7. The Labute approximate surface area is 198 Å². The van der Waals surface area contributed by atoms with E-state index in [-0.39, 0.29) is 17.6 Å². The molecular formula is C26H29FN6O. The highest BCUT2D eigenvalue weighted by Crippen LogP contribution is 2.23. The van der Waals surface area contributed by atoms with Crippen LogP contribution in [0.15, 0.2) is 61.3 Å². The molecule has 0 saturated carbocycles. The molecule has 1 aliphatic heterocycles. The summed E-state index contributed by atoms with van der Waals surface area (Å²) < 4.78 is 15.4. The Morgan fingerprint density at radius 3 is 2.65 bits per heavy atom. The van der Waals surface area contributed by atoms with Crippen molar-refractivity contribution in [2.24, 2.45) is 0 Å². The summed E-state index contributed by atoms with van der Waals surface area (Å²) in [5, 5.41) is 9.02. The van der Waals surface area contributed by atoms with Crippen LogP contribution in [0.3, 0.4) is 0 Å². The molecule has 0 spiro atoms. The van der Waals surface area contributed by atoms with E-state index in [2.05, 4.69) is 44.5 Å². The number of carbonyl (C=O) groups is 1. The number of nitrogens with zero attached hydrogens (tertiary/aromatic N) is 5. The molecule has 3 heterocycles. The topological polar surface area (TPSA) is 70.1 Å². The van der Waals surface area contributed by atoms with Crippen LogP contribution in [0.5, 0.6) is 0 Å². The summed E-state index contributed by atoms with van der Waals surface area (Å²) in [6.45, 7) is 6.03. The predicted molar refractivity (Wildman–Crippen MR) is 129 cm³/mol. The number of aromatic amines is 1. The van der Waals surface area contributed by atoms with Gasteiger partial charge in [0, 0.05) is 49.0 Å². The molecule has 0 aliphatic carbocycles. The van der Waals surface area contributed by atoms with E-state index in [9.17, 15) is 9.18 Å². The van der Waals surface area contributed by atoms with Crippen LogP contribution < -0.4 is 0 Å². The first kappa shape index (κ1) is 22.3. The monoisotopic (exact) mass is 460 g/mol. The van der Waals surface area contributed by atoms with Crippen molar-refractivity contribution in [3.8, 4) is 5.69 Å². The molecule has 1 amide bonds. The molecule has 8 heteroatoms. The lowest BCUT2D eigenvalue weighted by atomic mass is 9.99. The summed E-state index contributed by atoms with van der Waals surface area (Å²) in [4.78, 5) is 20.6. The second-order valence-electron chi connectivity index (χ2n) is 8.96. The number of fused-ring (bicyclic) bond motifs is 1. The van der Waals surface area contributed by atoms with Crippen molar-refractivity contribution >= 4 is 16.8 Å². The van der Waals surface area contributed by atoms with Crippen molar-refractivity contribution in [1.82, 2.24) is 29.5 Å². The molecule has 1 saturated heterocycles. The fraction of sp³-hybridized carbons (Fsp3) is 0.346. The largest absolute Gasteiger partial charge is 0.361 e. The van der Waals surface area contributed by atoms with Gasteiger partial charge in [0.1, 0.15) is 18.5 Å². The number of aryl methyl sites for hydroxylation is 1. The first-order valence-electron chi connectivity index (χ1n) is 11.8. The molecule has 34 heavy (non-hydrogen) atoms. The number of piperazine rings is 1. The van der Waals surface area contributed by atoms with Crippen molar-refractivity contribution in [3.05, 3.63) is 78.3 Å². The SMILES string of the molecule is CC(C(=O)N1CCN(CCCc2c[nH]c3ccc(-n4cnnc4)cc23)CC1)c1cccc(F)c1. The molecule has 1 aliphatic rings. The quantitative estimate of drug-likeness (QED) is 0.456. The Balaban J connectivity index is 1.13. The summed E-state index contributed by atoms with van der Waals surface area (Å²) in [6.07, 6.45) is 7.55. The highest BCUT2D eigenvalue weighted by atomic mass is 19.1. The van der Waals surface area contributed by atoms with E-state index in [4.69, 9.17) is 0 Å². The Hall–Kier alpha value is -3.52. The van der Waals surface area contributed by atoms with E-state index in [0.717, 1.165) is 49.2 Å². The molecule has 2 aromatic heterocycles. The third-order valence-electron chi connectivity index (χ3n) is 6.79. The fourth-order valence-corrected chi connectivity index (χ4v) is 4.75. The van der Waals surface area contributed by atoms with Crippen LogP contribution in [-0.4, -0.2) is 68.2 Å². The van der Waals surface area contributed by atoms with Gasteiger partial charge in [0.05, 0.1) is 5.92 Å². The average Bonchev–Trinajstić information content (AvgIpc) is 3.54. The predicted octanol–water partition coefficient (Wildman–Crippen LogP) is 3.77. The van der Waals surface area contributed by atoms with E-state index in [1.54, 1.807) is 18.7 Å². The molecule has 1 unspecified atom stereocenters. The summed E-state index contributed by atoms with van der Waals surface area (Å²) in [7, 11) is 0. The summed E-state index contributed by atoms with van der Waals surface area (Å²) >= 11 is 0. The van der Waals surface area contributed by atoms with Crippen LogP contribution in [0.4, 0.5) is 4.39 Å². The molecular weight excluding hydrogens is 431 g/mol. The Bertz CT molecular complexity index is 1260. The maximum Gasteiger partial charge on any atom is 0.229 e. The minimum atomic E-state index is -0.327.